The molecule has 3 unspecified atom stereocenters. The van der Waals surface area contributed by atoms with Gasteiger partial charge in [-0.15, -0.1) is 5.10 Å². The van der Waals surface area contributed by atoms with Crippen molar-refractivity contribution in [2.24, 2.45) is 0 Å². The van der Waals surface area contributed by atoms with Crippen LogP contribution in [0.25, 0.3) is 0 Å². The fourth-order valence-corrected chi connectivity index (χ4v) is 6.93. The summed E-state index contributed by atoms with van der Waals surface area (Å²) in [6, 6.07) is 9.39. The Balaban J connectivity index is 1.45. The summed E-state index contributed by atoms with van der Waals surface area (Å²) < 4.78 is 53.5. The first-order valence-electron chi connectivity index (χ1n) is 11.6. The van der Waals surface area contributed by atoms with Crippen molar-refractivity contribution in [3.05, 3.63) is 80.4 Å². The summed E-state index contributed by atoms with van der Waals surface area (Å²) >= 11 is 0. The monoisotopic (exact) mass is 655 g/mol. The zero-order valence-electron chi connectivity index (χ0n) is 21.0. The number of hydrogen-bond acceptors (Lipinski definition) is 13. The molecule has 3 aromatic rings. The van der Waals surface area contributed by atoms with Gasteiger partial charge in [0.15, 0.2) is 0 Å². The third-order valence-corrected chi connectivity index (χ3v) is 9.44. The normalized spacial score (nSPS) is 23.9. The topological polar surface area (TPSA) is 295 Å². The van der Waals surface area contributed by atoms with Crippen LogP contribution in [0, 0.1) is 0 Å². The molecule has 7 N–H and O–H groups in total. The summed E-state index contributed by atoms with van der Waals surface area (Å²) in [5.41, 5.74) is -0.589. The van der Waals surface area contributed by atoms with E-state index in [1.54, 1.807) is 6.20 Å². The highest BCUT2D eigenvalue weighted by Gasteiger charge is 2.47. The fraction of sp³-hybridized carbons (Fsp3) is 0.368. The van der Waals surface area contributed by atoms with E-state index in [2.05, 4.69) is 23.5 Å². The van der Waals surface area contributed by atoms with Crippen LogP contribution in [0.15, 0.2) is 52.3 Å². The summed E-state index contributed by atoms with van der Waals surface area (Å²) in [5, 5.41) is 28.8. The molecule has 0 aliphatic carbocycles. The number of ether oxygens (including phenoxy) is 1. The van der Waals surface area contributed by atoms with Gasteiger partial charge in [0.25, 0.3) is 5.56 Å². The lowest BCUT2D eigenvalue weighted by atomic mass is 10.0. The lowest BCUT2D eigenvalue weighted by Crippen LogP contribution is -2.37. The van der Waals surface area contributed by atoms with Gasteiger partial charge in [0.05, 0.1) is 24.1 Å². The molecule has 6 atom stereocenters. The van der Waals surface area contributed by atoms with E-state index in [1.807, 2.05) is 35.3 Å². The summed E-state index contributed by atoms with van der Waals surface area (Å²) in [6.45, 7) is -1.30. The van der Waals surface area contributed by atoms with E-state index in [0.717, 1.165) is 16.3 Å². The van der Waals surface area contributed by atoms with Crippen LogP contribution in [0.3, 0.4) is 0 Å². The molecule has 23 heteroatoms. The van der Waals surface area contributed by atoms with Crippen LogP contribution < -0.4 is 11.2 Å². The fourth-order valence-electron chi connectivity index (χ4n) is 3.90. The Kier molecular flexibility index (Phi) is 9.61. The van der Waals surface area contributed by atoms with E-state index in [-0.39, 0.29) is 12.2 Å². The molecular formula is C19H24N5O15P3. The quantitative estimate of drug-likeness (QED) is 0.112. The van der Waals surface area contributed by atoms with Crippen LogP contribution >= 0.6 is 23.5 Å². The number of H-pyrrole nitrogens is 1. The number of aliphatic hydroxyl groups excluding tert-OH is 2. The van der Waals surface area contributed by atoms with Crippen LogP contribution in [-0.2, 0) is 44.7 Å². The average molecular weight is 655 g/mol. The lowest BCUT2D eigenvalue weighted by molar-refractivity contribution is -0.0228. The molecule has 1 aromatic carbocycles. The first-order chi connectivity index (χ1) is 19.5. The van der Waals surface area contributed by atoms with Gasteiger partial charge in [-0.1, -0.05) is 35.5 Å². The summed E-state index contributed by atoms with van der Waals surface area (Å²) in [6.07, 6.45) is -3.80. The Morgan fingerprint density at radius 1 is 0.952 bits per heavy atom. The van der Waals surface area contributed by atoms with Gasteiger partial charge in [-0.3, -0.25) is 18.9 Å². The lowest BCUT2D eigenvalue weighted by Gasteiger charge is -2.19. The highest BCUT2D eigenvalue weighted by atomic mass is 31.3. The van der Waals surface area contributed by atoms with Crippen molar-refractivity contribution in [3.8, 4) is 0 Å². The van der Waals surface area contributed by atoms with E-state index in [9.17, 15) is 43.3 Å². The van der Waals surface area contributed by atoms with E-state index in [0.29, 0.717) is 12.1 Å². The van der Waals surface area contributed by atoms with Crippen LogP contribution in [0.5, 0.6) is 0 Å². The molecule has 0 bridgehead atoms. The molecule has 230 valence electrons. The van der Waals surface area contributed by atoms with Crippen molar-refractivity contribution < 1.29 is 61.4 Å². The van der Waals surface area contributed by atoms with Crippen molar-refractivity contribution in [1.29, 1.82) is 0 Å². The average Bonchev–Trinajstić information content (AvgIpc) is 3.41. The number of nitrogens with one attached hydrogen (secondary N) is 1. The van der Waals surface area contributed by atoms with Crippen LogP contribution in [0.4, 0.5) is 0 Å². The van der Waals surface area contributed by atoms with Crippen LogP contribution in [0.1, 0.15) is 22.9 Å². The third-order valence-electron chi connectivity index (χ3n) is 5.64. The molecular weight excluding hydrogens is 631 g/mol. The van der Waals surface area contributed by atoms with E-state index < -0.39 is 65.7 Å². The second kappa shape index (κ2) is 12.5. The molecule has 42 heavy (non-hydrogen) atoms. The molecule has 1 fully saturated rings. The van der Waals surface area contributed by atoms with E-state index in [1.165, 1.54) is 4.68 Å². The maximum absolute atomic E-state index is 12.5. The molecule has 0 amide bonds. The molecule has 3 heterocycles. The molecule has 0 radical (unpaired) electrons. The van der Waals surface area contributed by atoms with Gasteiger partial charge in [-0.05, 0) is 5.56 Å². The highest BCUT2D eigenvalue weighted by molar-refractivity contribution is 7.66. The van der Waals surface area contributed by atoms with Crippen molar-refractivity contribution in [1.82, 2.24) is 24.5 Å². The molecule has 0 saturated carbocycles. The molecule has 1 saturated heterocycles. The first kappa shape index (κ1) is 32.2. The second-order valence-corrected chi connectivity index (χ2v) is 13.2. The predicted octanol–water partition coefficient (Wildman–Crippen LogP) is -1.27. The van der Waals surface area contributed by atoms with Gasteiger partial charge in [-0.25, -0.2) is 23.2 Å². The van der Waals surface area contributed by atoms with Gasteiger partial charge in [-0.2, -0.15) is 8.62 Å². The molecule has 20 nitrogen and oxygen atoms in total. The Bertz CT molecular complexity index is 1670. The Hall–Kier alpha value is -2.67. The summed E-state index contributed by atoms with van der Waals surface area (Å²) in [4.78, 5) is 63.0. The Labute approximate surface area is 234 Å². The van der Waals surface area contributed by atoms with E-state index >= 15 is 0 Å². The SMILES string of the molecule is O=c1[nH]c(=O)n(Cn2cc(Cc3ccccc3)nn2)cc1[C@@H]1O[C@H](COP(=O)(O)OP(=O)(O)OP(=O)(O)O)C(O)[C@@H]1O. The summed E-state index contributed by atoms with van der Waals surface area (Å²) in [7, 11) is -17.0. The minimum absolute atomic E-state index is 0.217. The number of hydrogen-bond donors (Lipinski definition) is 7. The zero-order valence-corrected chi connectivity index (χ0v) is 23.6. The third kappa shape index (κ3) is 8.46. The first-order valence-corrected chi connectivity index (χ1v) is 16.1. The van der Waals surface area contributed by atoms with Gasteiger partial charge < -0.3 is 34.5 Å². The number of aliphatic hydroxyl groups is 2. The molecule has 0 spiro atoms. The largest absolute Gasteiger partial charge is 0.490 e. The van der Waals surface area contributed by atoms with E-state index in [4.69, 9.17) is 14.5 Å². The number of phosphoric acid groups is 3. The number of aromatic nitrogens is 5. The smallest absolute Gasteiger partial charge is 0.387 e. The number of rotatable bonds is 12. The minimum Gasteiger partial charge on any atom is -0.387 e. The van der Waals surface area contributed by atoms with Crippen molar-refractivity contribution in [2.75, 3.05) is 6.61 Å². The zero-order chi connectivity index (χ0) is 30.9. The van der Waals surface area contributed by atoms with Crippen LogP contribution in [0.2, 0.25) is 0 Å². The van der Waals surface area contributed by atoms with Gasteiger partial charge in [0, 0.05) is 12.6 Å². The number of benzene rings is 1. The van der Waals surface area contributed by atoms with Crippen molar-refractivity contribution in [2.45, 2.75) is 37.5 Å². The maximum atomic E-state index is 12.5. The van der Waals surface area contributed by atoms with Crippen molar-refractivity contribution in [3.63, 3.8) is 0 Å². The van der Waals surface area contributed by atoms with Gasteiger partial charge in [0.2, 0.25) is 0 Å². The number of phosphoric ester groups is 1. The minimum atomic E-state index is -5.79. The van der Waals surface area contributed by atoms with Gasteiger partial charge >= 0.3 is 29.2 Å². The van der Waals surface area contributed by atoms with Crippen LogP contribution in [-0.4, -0.2) is 79.3 Å². The Morgan fingerprint density at radius 2 is 1.64 bits per heavy atom. The predicted molar refractivity (Wildman–Crippen MR) is 135 cm³/mol. The number of aromatic amines is 1. The highest BCUT2D eigenvalue weighted by Crippen LogP contribution is 2.66. The maximum Gasteiger partial charge on any atom is 0.490 e. The number of nitrogens with zero attached hydrogens (tertiary/aromatic N) is 4. The van der Waals surface area contributed by atoms with Crippen molar-refractivity contribution >= 4 is 23.5 Å². The standard InChI is InChI=1S/C19H24N5O15P3/c25-15-14(9-36-41(32,33)39-42(34,35)38-40(29,30)31)37-17(16(15)26)13-8-23(19(28)20-18(13)27)10-24-7-12(21-22-24)6-11-4-2-1-3-5-11/h1-5,7-8,14-17,25-26H,6,9-10H2,(H,32,33)(H,34,35)(H,20,27,28)(H2,29,30,31)/t14-,15?,16+,17+/m1/s1. The van der Waals surface area contributed by atoms with Gasteiger partial charge in [0.1, 0.15) is 31.1 Å². The molecule has 4 rings (SSSR count). The Morgan fingerprint density at radius 3 is 2.31 bits per heavy atom. The molecule has 2 aromatic heterocycles. The molecule has 1 aliphatic rings. The molecule has 1 aliphatic heterocycles. The summed E-state index contributed by atoms with van der Waals surface area (Å²) in [5.74, 6) is 0. The second-order valence-electron chi connectivity index (χ2n) is 8.83.